The summed E-state index contributed by atoms with van der Waals surface area (Å²) in [6.45, 7) is 6.25. The molecule has 1 N–H and O–H groups in total. The fourth-order valence-corrected chi connectivity index (χ4v) is 2.03. The highest BCUT2D eigenvalue weighted by molar-refractivity contribution is 4.83. The zero-order chi connectivity index (χ0) is 9.97. The third kappa shape index (κ3) is 3.58. The van der Waals surface area contributed by atoms with Crippen molar-refractivity contribution in [2.24, 2.45) is 11.8 Å². The zero-order valence-corrected chi connectivity index (χ0v) is 9.63. The smallest absolute Gasteiger partial charge is 0.0163 e. The molecule has 0 heterocycles. The predicted molar refractivity (Wildman–Crippen MR) is 60.4 cm³/mol. The number of hydrogen-bond acceptors (Lipinski definition) is 2. The van der Waals surface area contributed by atoms with Crippen molar-refractivity contribution >= 4 is 0 Å². The Kier molecular flexibility index (Phi) is 3.45. The Balaban J connectivity index is 1.71. The first kappa shape index (κ1) is 10.4. The largest absolute Gasteiger partial charge is 0.316 e. The van der Waals surface area contributed by atoms with Gasteiger partial charge in [-0.3, -0.25) is 0 Å². The molecular weight excluding hydrogens is 172 g/mol. The van der Waals surface area contributed by atoms with Crippen LogP contribution in [0.1, 0.15) is 32.6 Å². The molecule has 0 bridgehead atoms. The standard InChI is InChI=1S/C12H24N2/c1-10(13-2)7-14(8-11-3-4-11)9-12-5-6-12/h10-13H,3-9H2,1-2H3. The van der Waals surface area contributed by atoms with E-state index in [2.05, 4.69) is 24.2 Å². The highest BCUT2D eigenvalue weighted by Crippen LogP contribution is 2.33. The molecule has 0 aromatic rings. The van der Waals surface area contributed by atoms with Gasteiger partial charge >= 0.3 is 0 Å². The van der Waals surface area contributed by atoms with E-state index in [1.54, 1.807) is 0 Å². The van der Waals surface area contributed by atoms with Gasteiger partial charge in [0.25, 0.3) is 0 Å². The minimum Gasteiger partial charge on any atom is -0.316 e. The van der Waals surface area contributed by atoms with Crippen molar-refractivity contribution in [3.8, 4) is 0 Å². The number of rotatable bonds is 7. The molecule has 0 aromatic carbocycles. The van der Waals surface area contributed by atoms with Crippen molar-refractivity contribution in [2.45, 2.75) is 38.6 Å². The molecule has 82 valence electrons. The Morgan fingerprint density at radius 1 is 1.14 bits per heavy atom. The first-order chi connectivity index (χ1) is 6.78. The van der Waals surface area contributed by atoms with Gasteiger partial charge in [-0.2, -0.15) is 0 Å². The SMILES string of the molecule is CNC(C)CN(CC1CC1)CC1CC1. The van der Waals surface area contributed by atoms with Crippen LogP contribution in [-0.4, -0.2) is 37.6 Å². The van der Waals surface area contributed by atoms with Gasteiger partial charge in [-0.25, -0.2) is 0 Å². The lowest BCUT2D eigenvalue weighted by Gasteiger charge is -2.25. The highest BCUT2D eigenvalue weighted by atomic mass is 15.2. The van der Waals surface area contributed by atoms with E-state index in [0.29, 0.717) is 6.04 Å². The number of nitrogens with one attached hydrogen (secondary N) is 1. The fraction of sp³-hybridized carbons (Fsp3) is 1.00. The van der Waals surface area contributed by atoms with Gasteiger partial charge in [0.2, 0.25) is 0 Å². The van der Waals surface area contributed by atoms with Crippen molar-refractivity contribution in [3.63, 3.8) is 0 Å². The second kappa shape index (κ2) is 4.63. The van der Waals surface area contributed by atoms with Gasteiger partial charge in [0.1, 0.15) is 0 Å². The van der Waals surface area contributed by atoms with Crippen LogP contribution in [0.5, 0.6) is 0 Å². The van der Waals surface area contributed by atoms with Crippen LogP contribution in [0.15, 0.2) is 0 Å². The van der Waals surface area contributed by atoms with Gasteiger partial charge in [-0.1, -0.05) is 0 Å². The summed E-state index contributed by atoms with van der Waals surface area (Å²) in [7, 11) is 2.07. The molecule has 2 aliphatic carbocycles. The van der Waals surface area contributed by atoms with Gasteiger partial charge in [0.05, 0.1) is 0 Å². The highest BCUT2D eigenvalue weighted by Gasteiger charge is 2.29. The lowest BCUT2D eigenvalue weighted by molar-refractivity contribution is 0.232. The molecule has 0 aromatic heterocycles. The molecule has 2 saturated carbocycles. The zero-order valence-electron chi connectivity index (χ0n) is 9.63. The maximum atomic E-state index is 3.34. The molecule has 0 aliphatic heterocycles. The molecule has 2 fully saturated rings. The van der Waals surface area contributed by atoms with Gasteiger partial charge in [-0.15, -0.1) is 0 Å². The summed E-state index contributed by atoms with van der Waals surface area (Å²) in [4.78, 5) is 2.69. The molecule has 14 heavy (non-hydrogen) atoms. The van der Waals surface area contributed by atoms with E-state index in [1.807, 2.05) is 0 Å². The van der Waals surface area contributed by atoms with Crippen LogP contribution in [0.4, 0.5) is 0 Å². The van der Waals surface area contributed by atoms with E-state index in [-0.39, 0.29) is 0 Å². The van der Waals surface area contributed by atoms with Crippen LogP contribution in [0, 0.1) is 11.8 Å². The Morgan fingerprint density at radius 2 is 1.64 bits per heavy atom. The summed E-state index contributed by atoms with van der Waals surface area (Å²) in [6.07, 6.45) is 5.93. The normalized spacial score (nSPS) is 24.2. The Hall–Kier alpha value is -0.0800. The summed E-state index contributed by atoms with van der Waals surface area (Å²) >= 11 is 0. The average Bonchev–Trinajstić information content (AvgIpc) is 2.99. The van der Waals surface area contributed by atoms with Crippen LogP contribution in [0.2, 0.25) is 0 Å². The van der Waals surface area contributed by atoms with Crippen molar-refractivity contribution < 1.29 is 0 Å². The second-order valence-corrected chi connectivity index (χ2v) is 5.30. The second-order valence-electron chi connectivity index (χ2n) is 5.30. The van der Waals surface area contributed by atoms with Crippen molar-refractivity contribution in [3.05, 3.63) is 0 Å². The molecule has 0 radical (unpaired) electrons. The first-order valence-corrected chi connectivity index (χ1v) is 6.17. The molecular formula is C12H24N2. The topological polar surface area (TPSA) is 15.3 Å². The Labute approximate surface area is 88.1 Å². The van der Waals surface area contributed by atoms with Crippen LogP contribution in [-0.2, 0) is 0 Å². The number of nitrogens with zero attached hydrogens (tertiary/aromatic N) is 1. The molecule has 1 atom stereocenters. The third-order valence-corrected chi connectivity index (χ3v) is 3.45. The van der Waals surface area contributed by atoms with Crippen molar-refractivity contribution in [1.29, 1.82) is 0 Å². The predicted octanol–water partition coefficient (Wildman–Crippen LogP) is 1.72. The van der Waals surface area contributed by atoms with E-state index in [0.717, 1.165) is 11.8 Å². The molecule has 2 nitrogen and oxygen atoms in total. The summed E-state index contributed by atoms with van der Waals surface area (Å²) in [5, 5.41) is 3.34. The van der Waals surface area contributed by atoms with Crippen LogP contribution in [0.25, 0.3) is 0 Å². The number of hydrogen-bond donors (Lipinski definition) is 1. The first-order valence-electron chi connectivity index (χ1n) is 6.17. The molecule has 0 amide bonds. The number of likely N-dealkylation sites (N-methyl/N-ethyl adjacent to an activating group) is 1. The van der Waals surface area contributed by atoms with Gasteiger partial charge < -0.3 is 10.2 Å². The third-order valence-electron chi connectivity index (χ3n) is 3.45. The molecule has 0 spiro atoms. The Bertz CT molecular complexity index is 159. The maximum Gasteiger partial charge on any atom is 0.0163 e. The quantitative estimate of drug-likeness (QED) is 0.667. The minimum absolute atomic E-state index is 0.646. The molecule has 2 rings (SSSR count). The maximum absolute atomic E-state index is 3.34. The molecule has 2 heteroatoms. The van der Waals surface area contributed by atoms with E-state index in [1.165, 1.54) is 45.3 Å². The van der Waals surface area contributed by atoms with Crippen LogP contribution in [0.3, 0.4) is 0 Å². The summed E-state index contributed by atoms with van der Waals surface area (Å²) < 4.78 is 0. The minimum atomic E-state index is 0.646. The van der Waals surface area contributed by atoms with Crippen LogP contribution >= 0.6 is 0 Å². The summed E-state index contributed by atoms with van der Waals surface area (Å²) in [5.74, 6) is 2.08. The Morgan fingerprint density at radius 3 is 2.00 bits per heavy atom. The van der Waals surface area contributed by atoms with Crippen LogP contribution < -0.4 is 5.32 Å². The van der Waals surface area contributed by atoms with Crippen molar-refractivity contribution in [2.75, 3.05) is 26.7 Å². The average molecular weight is 196 g/mol. The van der Waals surface area contributed by atoms with Gasteiger partial charge in [0.15, 0.2) is 0 Å². The van der Waals surface area contributed by atoms with Crippen molar-refractivity contribution in [1.82, 2.24) is 10.2 Å². The monoisotopic (exact) mass is 196 g/mol. The van der Waals surface area contributed by atoms with E-state index >= 15 is 0 Å². The van der Waals surface area contributed by atoms with Gasteiger partial charge in [0, 0.05) is 25.7 Å². The lowest BCUT2D eigenvalue weighted by atomic mass is 10.2. The van der Waals surface area contributed by atoms with Gasteiger partial charge in [-0.05, 0) is 51.5 Å². The molecule has 0 saturated heterocycles. The van der Waals surface area contributed by atoms with E-state index < -0.39 is 0 Å². The summed E-state index contributed by atoms with van der Waals surface area (Å²) in [6, 6.07) is 0.646. The summed E-state index contributed by atoms with van der Waals surface area (Å²) in [5.41, 5.74) is 0. The lowest BCUT2D eigenvalue weighted by Crippen LogP contribution is -2.39. The molecule has 1 unspecified atom stereocenters. The van der Waals surface area contributed by atoms with E-state index in [4.69, 9.17) is 0 Å². The molecule has 2 aliphatic rings. The van der Waals surface area contributed by atoms with E-state index in [9.17, 15) is 0 Å². The fourth-order valence-electron chi connectivity index (χ4n) is 2.03.